The summed E-state index contributed by atoms with van der Waals surface area (Å²) in [6.45, 7) is 4.13. The van der Waals surface area contributed by atoms with Gasteiger partial charge in [0.05, 0.1) is 18.9 Å². The second kappa shape index (κ2) is 8.84. The van der Waals surface area contributed by atoms with Crippen LogP contribution in [-0.2, 0) is 4.74 Å². The van der Waals surface area contributed by atoms with E-state index in [1.165, 1.54) is 13.2 Å². The Bertz CT molecular complexity index is 1060. The van der Waals surface area contributed by atoms with Gasteiger partial charge >= 0.3 is 5.63 Å². The van der Waals surface area contributed by atoms with Gasteiger partial charge in [0.15, 0.2) is 5.76 Å². The molecule has 0 radical (unpaired) electrons. The molecule has 1 atom stereocenters. The lowest BCUT2D eigenvalue weighted by atomic mass is 10.3. The number of carbonyl (C=O) groups excluding carboxylic acids is 1. The molecule has 0 saturated carbocycles. The highest BCUT2D eigenvalue weighted by molar-refractivity contribution is 7.17. The van der Waals surface area contributed by atoms with E-state index in [-0.39, 0.29) is 22.7 Å². The third-order valence-electron chi connectivity index (χ3n) is 3.97. The van der Waals surface area contributed by atoms with Crippen molar-refractivity contribution in [3.8, 4) is 10.9 Å². The van der Waals surface area contributed by atoms with Crippen LogP contribution in [0.1, 0.15) is 23.2 Å². The van der Waals surface area contributed by atoms with Crippen LogP contribution in [0.3, 0.4) is 0 Å². The number of methoxy groups -OCH3 is 2. The minimum atomic E-state index is -0.780. The Morgan fingerprint density at radius 2 is 2.17 bits per heavy atom. The number of amides is 1. The molecule has 3 rings (SSSR count). The molecule has 0 aliphatic rings. The maximum absolute atomic E-state index is 12.6. The van der Waals surface area contributed by atoms with E-state index in [4.69, 9.17) is 13.9 Å². The van der Waals surface area contributed by atoms with Crippen LogP contribution in [0.15, 0.2) is 27.5 Å². The fourth-order valence-corrected chi connectivity index (χ4v) is 3.09. The molecule has 0 aliphatic carbocycles. The van der Waals surface area contributed by atoms with Crippen molar-refractivity contribution in [3.63, 3.8) is 0 Å². The predicted octanol–water partition coefficient (Wildman–Crippen LogP) is 1.69. The van der Waals surface area contributed by atoms with E-state index in [2.05, 4.69) is 25.9 Å². The van der Waals surface area contributed by atoms with Crippen molar-refractivity contribution in [2.45, 2.75) is 20.0 Å². The first-order valence-corrected chi connectivity index (χ1v) is 9.39. The minimum Gasteiger partial charge on any atom is -0.488 e. The zero-order valence-corrected chi connectivity index (χ0v) is 17.1. The van der Waals surface area contributed by atoms with Gasteiger partial charge in [-0.3, -0.25) is 10.1 Å². The number of aryl methyl sites for hydroxylation is 1. The minimum absolute atomic E-state index is 0.0304. The third kappa shape index (κ3) is 4.60. The summed E-state index contributed by atoms with van der Waals surface area (Å²) in [4.78, 5) is 24.7. The molecule has 2 N–H and O–H groups in total. The van der Waals surface area contributed by atoms with Crippen LogP contribution in [-0.4, -0.2) is 52.8 Å². The summed E-state index contributed by atoms with van der Waals surface area (Å²) in [5.74, 6) is -0.875. The average molecular weight is 420 g/mol. The molecule has 1 amide bonds. The zero-order chi connectivity index (χ0) is 21.0. The monoisotopic (exact) mass is 420 g/mol. The number of carbonyl (C=O) groups is 1. The number of hydrogen-bond donors (Lipinski definition) is 2. The van der Waals surface area contributed by atoms with E-state index in [1.807, 2.05) is 19.9 Å². The Labute approximate surface area is 169 Å². The van der Waals surface area contributed by atoms with Gasteiger partial charge in [0.25, 0.3) is 5.91 Å². The van der Waals surface area contributed by atoms with Crippen LogP contribution in [0, 0.1) is 6.92 Å². The highest BCUT2D eigenvalue weighted by Gasteiger charge is 2.19. The van der Waals surface area contributed by atoms with Gasteiger partial charge in [-0.15, -0.1) is 10.2 Å². The summed E-state index contributed by atoms with van der Waals surface area (Å²) < 4.78 is 16.9. The lowest BCUT2D eigenvalue weighted by Gasteiger charge is -2.14. The quantitative estimate of drug-likeness (QED) is 0.558. The fourth-order valence-electron chi connectivity index (χ4n) is 2.34. The summed E-state index contributed by atoms with van der Waals surface area (Å²) in [5.41, 5.74) is 0.418. The van der Waals surface area contributed by atoms with Crippen molar-refractivity contribution in [2.75, 3.05) is 31.4 Å². The summed E-state index contributed by atoms with van der Waals surface area (Å²) in [6, 6.07) is 3.21. The van der Waals surface area contributed by atoms with Gasteiger partial charge in [-0.2, -0.15) is 5.10 Å². The predicted molar refractivity (Wildman–Crippen MR) is 106 cm³/mol. The van der Waals surface area contributed by atoms with E-state index < -0.39 is 11.5 Å². The molecule has 12 heteroatoms. The van der Waals surface area contributed by atoms with Gasteiger partial charge in [0, 0.05) is 31.6 Å². The second-order valence-electron chi connectivity index (χ2n) is 6.00. The first kappa shape index (κ1) is 20.5. The van der Waals surface area contributed by atoms with Gasteiger partial charge < -0.3 is 19.2 Å². The molecule has 154 valence electrons. The van der Waals surface area contributed by atoms with Gasteiger partial charge in [-0.1, -0.05) is 11.3 Å². The van der Waals surface area contributed by atoms with Crippen LogP contribution in [0.2, 0.25) is 0 Å². The second-order valence-corrected chi connectivity index (χ2v) is 6.96. The molecular weight excluding hydrogens is 400 g/mol. The lowest BCUT2D eigenvalue weighted by molar-refractivity contribution is 0.0991. The smallest absolute Gasteiger partial charge is 0.381 e. The molecule has 0 aromatic carbocycles. The number of nitrogens with zero attached hydrogens (tertiary/aromatic N) is 4. The van der Waals surface area contributed by atoms with Crippen LogP contribution in [0.25, 0.3) is 5.13 Å². The molecule has 0 spiro atoms. The Morgan fingerprint density at radius 3 is 2.83 bits per heavy atom. The molecule has 11 nitrogen and oxygen atoms in total. The Kier molecular flexibility index (Phi) is 6.24. The van der Waals surface area contributed by atoms with Crippen LogP contribution in [0.4, 0.5) is 10.8 Å². The standard InChI is InChI=1S/C17H20N6O5S/c1-9-5-6-19-23(9)17-22-21-16(29-17)20-14(24)12-7-11(18-8-10(2)26-3)13(27-4)15(25)28-12/h5-7,10,18H,8H2,1-4H3,(H,20,21,24)/t10-/m0/s1. The van der Waals surface area contributed by atoms with Crippen LogP contribution < -0.4 is 21.0 Å². The number of hydrogen-bond acceptors (Lipinski definition) is 10. The molecule has 0 fully saturated rings. The molecule has 0 bridgehead atoms. The SMILES string of the molecule is COc1c(NC[C@H](C)OC)cc(C(=O)Nc2nnc(-n3nccc3C)s2)oc1=O. The van der Waals surface area contributed by atoms with E-state index in [9.17, 15) is 9.59 Å². The topological polar surface area (TPSA) is 133 Å². The van der Waals surface area contributed by atoms with Crippen molar-refractivity contribution in [3.05, 3.63) is 40.2 Å². The first-order valence-electron chi connectivity index (χ1n) is 8.57. The highest BCUT2D eigenvalue weighted by atomic mass is 32.1. The number of aromatic nitrogens is 4. The third-order valence-corrected chi connectivity index (χ3v) is 4.78. The fraction of sp³-hybridized carbons (Fsp3) is 0.353. The summed E-state index contributed by atoms with van der Waals surface area (Å²) >= 11 is 1.13. The van der Waals surface area contributed by atoms with Crippen molar-refractivity contribution in [1.82, 2.24) is 20.0 Å². The van der Waals surface area contributed by atoms with Crippen molar-refractivity contribution in [2.24, 2.45) is 0 Å². The van der Waals surface area contributed by atoms with Crippen LogP contribution in [0.5, 0.6) is 5.75 Å². The van der Waals surface area contributed by atoms with Gasteiger partial charge in [-0.05, 0) is 19.9 Å². The number of anilines is 2. The maximum Gasteiger partial charge on any atom is 0.381 e. The molecule has 0 unspecified atom stereocenters. The Hall–Kier alpha value is -3.25. The van der Waals surface area contributed by atoms with Crippen molar-refractivity contribution < 1.29 is 18.7 Å². The molecule has 3 aromatic heterocycles. The molecule has 29 heavy (non-hydrogen) atoms. The normalized spacial score (nSPS) is 11.9. The molecule has 0 aliphatic heterocycles. The summed E-state index contributed by atoms with van der Waals surface area (Å²) in [6.07, 6.45) is 1.52. The first-order chi connectivity index (χ1) is 13.9. The lowest BCUT2D eigenvalue weighted by Crippen LogP contribution is -2.21. The van der Waals surface area contributed by atoms with E-state index in [0.717, 1.165) is 17.0 Å². The van der Waals surface area contributed by atoms with Crippen molar-refractivity contribution >= 4 is 28.1 Å². The number of rotatable bonds is 8. The largest absolute Gasteiger partial charge is 0.488 e. The molecule has 3 heterocycles. The van der Waals surface area contributed by atoms with Gasteiger partial charge in [0.1, 0.15) is 0 Å². The van der Waals surface area contributed by atoms with Crippen molar-refractivity contribution in [1.29, 1.82) is 0 Å². The molecule has 3 aromatic rings. The van der Waals surface area contributed by atoms with E-state index in [0.29, 0.717) is 17.4 Å². The van der Waals surface area contributed by atoms with Crippen LogP contribution >= 0.6 is 11.3 Å². The van der Waals surface area contributed by atoms with Gasteiger partial charge in [-0.25, -0.2) is 9.48 Å². The van der Waals surface area contributed by atoms with E-state index >= 15 is 0 Å². The Morgan fingerprint density at radius 1 is 1.38 bits per heavy atom. The van der Waals surface area contributed by atoms with E-state index in [1.54, 1.807) is 18.0 Å². The average Bonchev–Trinajstić information content (AvgIpc) is 3.34. The maximum atomic E-state index is 12.6. The highest BCUT2D eigenvalue weighted by Crippen LogP contribution is 2.23. The molecule has 0 saturated heterocycles. The number of nitrogens with one attached hydrogen (secondary N) is 2. The zero-order valence-electron chi connectivity index (χ0n) is 16.3. The van der Waals surface area contributed by atoms with Gasteiger partial charge in [0.2, 0.25) is 16.0 Å². The molecular formula is C17H20N6O5S. The summed E-state index contributed by atoms with van der Waals surface area (Å²) in [5, 5.41) is 18.4. The Balaban J connectivity index is 1.80. The summed E-state index contributed by atoms with van der Waals surface area (Å²) in [7, 11) is 2.92. The number of ether oxygens (including phenoxy) is 2.